The molecular formula is C21H24N2O3S. The van der Waals surface area contributed by atoms with Crippen LogP contribution in [-0.4, -0.2) is 22.1 Å². The van der Waals surface area contributed by atoms with Gasteiger partial charge in [-0.3, -0.25) is 9.36 Å². The zero-order chi connectivity index (χ0) is 19.8. The summed E-state index contributed by atoms with van der Waals surface area (Å²) in [6.45, 7) is 9.25. The molecule has 0 atom stereocenters. The second kappa shape index (κ2) is 7.27. The molecule has 0 aliphatic heterocycles. The van der Waals surface area contributed by atoms with Crippen molar-refractivity contribution in [2.24, 2.45) is 0 Å². The number of nitrogens with zero attached hydrogens (tertiary/aromatic N) is 2. The van der Waals surface area contributed by atoms with Crippen LogP contribution in [0.3, 0.4) is 0 Å². The summed E-state index contributed by atoms with van der Waals surface area (Å²) in [7, 11) is 0. The Morgan fingerprint density at radius 3 is 2.48 bits per heavy atom. The number of thiophene rings is 1. The van der Waals surface area contributed by atoms with Crippen LogP contribution < -0.4 is 5.56 Å². The molecular weight excluding hydrogens is 360 g/mol. The van der Waals surface area contributed by atoms with E-state index >= 15 is 0 Å². The van der Waals surface area contributed by atoms with Crippen LogP contribution in [0.5, 0.6) is 0 Å². The van der Waals surface area contributed by atoms with Crippen LogP contribution in [0.2, 0.25) is 0 Å². The van der Waals surface area contributed by atoms with Crippen LogP contribution >= 0.6 is 11.3 Å². The van der Waals surface area contributed by atoms with Crippen molar-refractivity contribution in [2.45, 2.75) is 46.6 Å². The summed E-state index contributed by atoms with van der Waals surface area (Å²) in [4.78, 5) is 31.1. The van der Waals surface area contributed by atoms with Gasteiger partial charge >= 0.3 is 5.97 Å². The first kappa shape index (κ1) is 19.3. The summed E-state index contributed by atoms with van der Waals surface area (Å²) in [5, 5.41) is 2.51. The zero-order valence-corrected chi connectivity index (χ0v) is 17.1. The third-order valence-electron chi connectivity index (χ3n) is 4.78. The topological polar surface area (TPSA) is 61.2 Å². The summed E-state index contributed by atoms with van der Waals surface area (Å²) >= 11 is 1.44. The number of hydrogen-bond donors (Lipinski definition) is 0. The van der Waals surface area contributed by atoms with E-state index < -0.39 is 11.5 Å². The van der Waals surface area contributed by atoms with Gasteiger partial charge in [0.05, 0.1) is 12.0 Å². The molecule has 1 aromatic carbocycles. The van der Waals surface area contributed by atoms with Gasteiger partial charge in [0.1, 0.15) is 16.2 Å². The van der Waals surface area contributed by atoms with Crippen LogP contribution in [-0.2, 0) is 21.5 Å². The Morgan fingerprint density at radius 1 is 1.22 bits per heavy atom. The van der Waals surface area contributed by atoms with Crippen molar-refractivity contribution in [3.63, 3.8) is 0 Å². The number of benzene rings is 1. The van der Waals surface area contributed by atoms with Crippen molar-refractivity contribution in [3.05, 3.63) is 51.4 Å². The first-order chi connectivity index (χ1) is 12.8. The Balaban J connectivity index is 2.23. The van der Waals surface area contributed by atoms with Crippen molar-refractivity contribution in [1.82, 2.24) is 9.55 Å². The van der Waals surface area contributed by atoms with Gasteiger partial charge in [-0.15, -0.1) is 11.3 Å². The fraction of sp³-hybridized carbons (Fsp3) is 0.381. The largest absolute Gasteiger partial charge is 0.464 e. The van der Waals surface area contributed by atoms with Crippen molar-refractivity contribution >= 4 is 27.5 Å². The second-order valence-electron chi connectivity index (χ2n) is 6.96. The maximum absolute atomic E-state index is 13.4. The maximum atomic E-state index is 13.4. The highest BCUT2D eigenvalue weighted by molar-refractivity contribution is 7.17. The van der Waals surface area contributed by atoms with Gasteiger partial charge in [-0.25, -0.2) is 9.78 Å². The minimum Gasteiger partial charge on any atom is -0.464 e. The van der Waals surface area contributed by atoms with E-state index in [9.17, 15) is 9.59 Å². The Morgan fingerprint density at radius 2 is 1.89 bits per heavy atom. The third kappa shape index (κ3) is 3.30. The highest BCUT2D eigenvalue weighted by Crippen LogP contribution is 2.32. The third-order valence-corrected chi connectivity index (χ3v) is 5.65. The lowest BCUT2D eigenvalue weighted by molar-refractivity contribution is -0.152. The van der Waals surface area contributed by atoms with Crippen molar-refractivity contribution in [2.75, 3.05) is 6.61 Å². The monoisotopic (exact) mass is 384 g/mol. The standard InChI is InChI=1S/C21H24N2O3S/c1-6-14-8-10-15(11-9-14)16-12-27-18-17(16)19(24)23(13(3)22-18)21(4,5)20(25)26-7-2/h8-12H,6-7H2,1-5H3. The number of carbonyl (C=O) groups is 1. The van der Waals surface area contributed by atoms with E-state index in [1.807, 2.05) is 17.5 Å². The molecule has 6 heteroatoms. The van der Waals surface area contributed by atoms with Gasteiger partial charge in [-0.2, -0.15) is 0 Å². The molecule has 3 aromatic rings. The van der Waals surface area contributed by atoms with Crippen LogP contribution in [0, 0.1) is 6.92 Å². The lowest BCUT2D eigenvalue weighted by atomic mass is 10.0. The average Bonchev–Trinajstić information content (AvgIpc) is 3.05. The number of ether oxygens (including phenoxy) is 1. The van der Waals surface area contributed by atoms with Crippen LogP contribution in [0.1, 0.15) is 39.1 Å². The number of fused-ring (bicyclic) bond motifs is 1. The lowest BCUT2D eigenvalue weighted by Gasteiger charge is -2.26. The smallest absolute Gasteiger partial charge is 0.331 e. The molecule has 0 N–H and O–H groups in total. The molecule has 2 heterocycles. The highest BCUT2D eigenvalue weighted by atomic mass is 32.1. The SMILES string of the molecule is CCOC(=O)C(C)(C)n1c(C)nc2scc(-c3ccc(CC)cc3)c2c1=O. The normalized spacial score (nSPS) is 11.7. The van der Waals surface area contributed by atoms with Crippen LogP contribution in [0.25, 0.3) is 21.3 Å². The molecule has 0 bridgehead atoms. The van der Waals surface area contributed by atoms with E-state index in [0.29, 0.717) is 16.0 Å². The molecule has 0 aliphatic carbocycles. The summed E-state index contributed by atoms with van der Waals surface area (Å²) in [5.74, 6) is 0.0562. The van der Waals surface area contributed by atoms with Gasteiger partial charge in [0.15, 0.2) is 0 Å². The molecule has 0 saturated heterocycles. The average molecular weight is 385 g/mol. The Bertz CT molecular complexity index is 1050. The van der Waals surface area contributed by atoms with E-state index in [-0.39, 0.29) is 12.2 Å². The number of esters is 1. The molecule has 2 aromatic heterocycles. The molecule has 0 fully saturated rings. The number of rotatable bonds is 5. The molecule has 0 unspecified atom stereocenters. The van der Waals surface area contributed by atoms with Crippen LogP contribution in [0.15, 0.2) is 34.4 Å². The van der Waals surface area contributed by atoms with Gasteiger partial charge in [0.2, 0.25) is 0 Å². The minimum atomic E-state index is -1.14. The van der Waals surface area contributed by atoms with E-state index in [1.165, 1.54) is 21.5 Å². The fourth-order valence-corrected chi connectivity index (χ4v) is 4.27. The van der Waals surface area contributed by atoms with Crippen molar-refractivity contribution < 1.29 is 9.53 Å². The molecule has 142 valence electrons. The Hall–Kier alpha value is -2.47. The number of hydrogen-bond acceptors (Lipinski definition) is 5. The van der Waals surface area contributed by atoms with Gasteiger partial charge in [-0.05, 0) is 45.2 Å². The summed E-state index contributed by atoms with van der Waals surface area (Å²) in [6, 6.07) is 8.20. The van der Waals surface area contributed by atoms with Gasteiger partial charge in [0.25, 0.3) is 5.56 Å². The quantitative estimate of drug-likeness (QED) is 0.616. The van der Waals surface area contributed by atoms with E-state index in [0.717, 1.165) is 17.5 Å². The van der Waals surface area contributed by atoms with Gasteiger partial charge in [0, 0.05) is 10.9 Å². The van der Waals surface area contributed by atoms with Crippen molar-refractivity contribution in [1.29, 1.82) is 0 Å². The Labute approximate surface area is 162 Å². The minimum absolute atomic E-state index is 0.216. The number of carbonyl (C=O) groups excluding carboxylic acids is 1. The zero-order valence-electron chi connectivity index (χ0n) is 16.3. The summed E-state index contributed by atoms with van der Waals surface area (Å²) in [6.07, 6.45) is 0.964. The molecule has 5 nitrogen and oxygen atoms in total. The molecule has 0 aliphatic rings. The first-order valence-corrected chi connectivity index (χ1v) is 9.97. The van der Waals surface area contributed by atoms with E-state index in [2.05, 4.69) is 24.0 Å². The maximum Gasteiger partial charge on any atom is 0.331 e. The number of aryl methyl sites for hydroxylation is 2. The lowest BCUT2D eigenvalue weighted by Crippen LogP contribution is -2.45. The summed E-state index contributed by atoms with van der Waals surface area (Å²) < 4.78 is 6.63. The molecule has 0 spiro atoms. The molecule has 3 rings (SSSR count). The molecule has 27 heavy (non-hydrogen) atoms. The van der Waals surface area contributed by atoms with Crippen molar-refractivity contribution in [3.8, 4) is 11.1 Å². The molecule has 0 amide bonds. The predicted molar refractivity (Wildman–Crippen MR) is 109 cm³/mol. The fourth-order valence-electron chi connectivity index (χ4n) is 3.28. The molecule has 0 saturated carbocycles. The van der Waals surface area contributed by atoms with E-state index in [1.54, 1.807) is 27.7 Å². The second-order valence-corrected chi connectivity index (χ2v) is 7.82. The van der Waals surface area contributed by atoms with E-state index in [4.69, 9.17) is 4.74 Å². The first-order valence-electron chi connectivity index (χ1n) is 9.09. The number of aromatic nitrogens is 2. The Kier molecular flexibility index (Phi) is 5.20. The van der Waals surface area contributed by atoms with Gasteiger partial charge < -0.3 is 4.74 Å². The molecule has 0 radical (unpaired) electrons. The summed E-state index contributed by atoms with van der Waals surface area (Å²) in [5.41, 5.74) is 1.72. The highest BCUT2D eigenvalue weighted by Gasteiger charge is 2.35. The predicted octanol–water partition coefficient (Wildman–Crippen LogP) is 4.29. The van der Waals surface area contributed by atoms with Crippen LogP contribution in [0.4, 0.5) is 0 Å². The van der Waals surface area contributed by atoms with Gasteiger partial charge in [-0.1, -0.05) is 31.2 Å².